The monoisotopic (exact) mass is 366 g/mol. The minimum Gasteiger partial charge on any atom is -0.493 e. The summed E-state index contributed by atoms with van der Waals surface area (Å²) in [5, 5.41) is 12.6. The van der Waals surface area contributed by atoms with Crippen molar-refractivity contribution in [1.29, 1.82) is 0 Å². The van der Waals surface area contributed by atoms with Gasteiger partial charge in [0.05, 0.1) is 24.1 Å². The number of aromatic nitrogens is 1. The third kappa shape index (κ3) is 3.92. The molecule has 1 fully saturated rings. The molecule has 5 nitrogen and oxygen atoms in total. The lowest BCUT2D eigenvalue weighted by molar-refractivity contribution is 0.0697. The fourth-order valence-corrected chi connectivity index (χ4v) is 4.34. The molecule has 2 N–H and O–H groups in total. The molecule has 4 rings (SSSR count). The summed E-state index contributed by atoms with van der Waals surface area (Å²) in [5.74, 6) is 1.03. The predicted octanol–water partition coefficient (Wildman–Crippen LogP) is 4.81. The summed E-state index contributed by atoms with van der Waals surface area (Å²) < 4.78 is 5.96. The molecule has 0 bridgehead atoms. The highest BCUT2D eigenvalue weighted by Crippen LogP contribution is 2.39. The summed E-state index contributed by atoms with van der Waals surface area (Å²) in [7, 11) is 0. The van der Waals surface area contributed by atoms with Gasteiger partial charge in [0.15, 0.2) is 0 Å². The van der Waals surface area contributed by atoms with Crippen molar-refractivity contribution in [2.24, 2.45) is 0 Å². The van der Waals surface area contributed by atoms with Gasteiger partial charge in [0.2, 0.25) is 0 Å². The van der Waals surface area contributed by atoms with Gasteiger partial charge in [-0.25, -0.2) is 4.79 Å². The van der Waals surface area contributed by atoms with Crippen LogP contribution in [0.5, 0.6) is 5.75 Å². The number of aromatic carboxylic acids is 1. The second-order valence-corrected chi connectivity index (χ2v) is 7.57. The van der Waals surface area contributed by atoms with Crippen LogP contribution in [0.3, 0.4) is 0 Å². The summed E-state index contributed by atoms with van der Waals surface area (Å²) in [4.78, 5) is 15.4. The van der Waals surface area contributed by atoms with Gasteiger partial charge in [0, 0.05) is 18.7 Å². The normalized spacial score (nSPS) is 19.8. The summed E-state index contributed by atoms with van der Waals surface area (Å²) >= 11 is 0. The highest BCUT2D eigenvalue weighted by Gasteiger charge is 2.24. The van der Waals surface area contributed by atoms with Gasteiger partial charge in [0.1, 0.15) is 5.75 Å². The van der Waals surface area contributed by atoms with Crippen molar-refractivity contribution in [3.05, 3.63) is 53.3 Å². The van der Waals surface area contributed by atoms with Crippen LogP contribution in [0.4, 0.5) is 5.69 Å². The van der Waals surface area contributed by atoms with Gasteiger partial charge in [-0.2, -0.15) is 0 Å². The quantitative estimate of drug-likeness (QED) is 0.795. The van der Waals surface area contributed by atoms with Crippen molar-refractivity contribution < 1.29 is 14.6 Å². The SMILES string of the molecule is O=C(O)c1ccncc1NC[C@@H]1CCOc2cc(C3CCCCC3)ccc21. The molecule has 2 aromatic rings. The molecule has 2 heterocycles. The molecular weight excluding hydrogens is 340 g/mol. The number of rotatable bonds is 5. The Kier molecular flexibility index (Phi) is 5.28. The van der Waals surface area contributed by atoms with E-state index >= 15 is 0 Å². The molecule has 0 spiro atoms. The summed E-state index contributed by atoms with van der Waals surface area (Å²) in [5.41, 5.74) is 3.44. The Balaban J connectivity index is 1.49. The van der Waals surface area contributed by atoms with Crippen LogP contribution in [-0.4, -0.2) is 29.2 Å². The van der Waals surface area contributed by atoms with E-state index in [1.54, 1.807) is 6.20 Å². The zero-order chi connectivity index (χ0) is 18.6. The topological polar surface area (TPSA) is 71.5 Å². The van der Waals surface area contributed by atoms with Gasteiger partial charge in [-0.05, 0) is 48.4 Å². The molecular formula is C22H26N2O3. The van der Waals surface area contributed by atoms with Crippen LogP contribution in [0.2, 0.25) is 0 Å². The van der Waals surface area contributed by atoms with Crippen molar-refractivity contribution >= 4 is 11.7 Å². The van der Waals surface area contributed by atoms with Gasteiger partial charge in [-0.1, -0.05) is 31.4 Å². The van der Waals surface area contributed by atoms with Crippen molar-refractivity contribution in [3.8, 4) is 5.75 Å². The van der Waals surface area contributed by atoms with E-state index in [2.05, 4.69) is 28.5 Å². The first kappa shape index (κ1) is 17.8. The maximum absolute atomic E-state index is 11.4. The first-order chi connectivity index (χ1) is 13.2. The third-order valence-electron chi connectivity index (χ3n) is 5.87. The van der Waals surface area contributed by atoms with E-state index in [0.29, 0.717) is 30.7 Å². The summed E-state index contributed by atoms with van der Waals surface area (Å²) in [6, 6.07) is 8.25. The minimum absolute atomic E-state index is 0.255. The number of carboxylic acids is 1. The Bertz CT molecular complexity index is 815. The molecule has 2 aliphatic rings. The van der Waals surface area contributed by atoms with Crippen LogP contribution in [0.25, 0.3) is 0 Å². The summed E-state index contributed by atoms with van der Waals surface area (Å²) in [6.07, 6.45) is 10.6. The van der Waals surface area contributed by atoms with E-state index in [4.69, 9.17) is 4.74 Å². The number of pyridine rings is 1. The lowest BCUT2D eigenvalue weighted by Crippen LogP contribution is -2.22. The number of ether oxygens (including phenoxy) is 1. The second kappa shape index (κ2) is 7.99. The van der Waals surface area contributed by atoms with Crippen molar-refractivity contribution in [2.75, 3.05) is 18.5 Å². The molecule has 1 saturated carbocycles. The first-order valence-electron chi connectivity index (χ1n) is 9.90. The number of carboxylic acid groups (broad SMARTS) is 1. The Morgan fingerprint density at radius 2 is 2.04 bits per heavy atom. The molecule has 1 aliphatic heterocycles. The molecule has 1 aromatic heterocycles. The van der Waals surface area contributed by atoms with E-state index in [0.717, 1.165) is 12.2 Å². The second-order valence-electron chi connectivity index (χ2n) is 7.57. The Morgan fingerprint density at radius 3 is 2.85 bits per heavy atom. The lowest BCUT2D eigenvalue weighted by Gasteiger charge is -2.29. The lowest BCUT2D eigenvalue weighted by atomic mass is 9.82. The number of carbonyl (C=O) groups is 1. The molecule has 1 aliphatic carbocycles. The minimum atomic E-state index is -0.940. The van der Waals surface area contributed by atoms with E-state index in [1.807, 2.05) is 0 Å². The van der Waals surface area contributed by atoms with Crippen molar-refractivity contribution in [3.63, 3.8) is 0 Å². The van der Waals surface area contributed by atoms with Crippen LogP contribution in [-0.2, 0) is 0 Å². The molecule has 0 radical (unpaired) electrons. The molecule has 0 unspecified atom stereocenters. The van der Waals surface area contributed by atoms with E-state index in [9.17, 15) is 9.90 Å². The Morgan fingerprint density at radius 1 is 1.19 bits per heavy atom. The van der Waals surface area contributed by atoms with E-state index in [-0.39, 0.29) is 5.56 Å². The molecule has 142 valence electrons. The van der Waals surface area contributed by atoms with Crippen molar-refractivity contribution in [1.82, 2.24) is 4.98 Å². The number of hydrogen-bond acceptors (Lipinski definition) is 4. The largest absolute Gasteiger partial charge is 0.493 e. The van der Waals surface area contributed by atoms with Gasteiger partial charge in [0.25, 0.3) is 0 Å². The van der Waals surface area contributed by atoms with E-state index in [1.165, 1.54) is 55.5 Å². The van der Waals surface area contributed by atoms with Crippen LogP contribution in [0, 0.1) is 0 Å². The number of hydrogen-bond donors (Lipinski definition) is 2. The highest BCUT2D eigenvalue weighted by atomic mass is 16.5. The van der Waals surface area contributed by atoms with Gasteiger partial charge in [-0.15, -0.1) is 0 Å². The average Bonchev–Trinajstić information content (AvgIpc) is 2.72. The molecule has 5 heteroatoms. The van der Waals surface area contributed by atoms with E-state index < -0.39 is 5.97 Å². The van der Waals surface area contributed by atoms with Crippen LogP contribution < -0.4 is 10.1 Å². The molecule has 0 amide bonds. The number of nitrogens with one attached hydrogen (secondary N) is 1. The fourth-order valence-electron chi connectivity index (χ4n) is 4.34. The van der Waals surface area contributed by atoms with Crippen molar-refractivity contribution in [2.45, 2.75) is 50.4 Å². The summed E-state index contributed by atoms with van der Waals surface area (Å²) in [6.45, 7) is 1.37. The molecule has 1 aromatic carbocycles. The molecule has 1 atom stereocenters. The number of nitrogens with zero attached hydrogens (tertiary/aromatic N) is 1. The zero-order valence-electron chi connectivity index (χ0n) is 15.5. The average molecular weight is 366 g/mol. The maximum Gasteiger partial charge on any atom is 0.337 e. The van der Waals surface area contributed by atoms with Crippen LogP contribution >= 0.6 is 0 Å². The van der Waals surface area contributed by atoms with Crippen LogP contribution in [0.1, 0.15) is 71.8 Å². The smallest absolute Gasteiger partial charge is 0.337 e. The predicted molar refractivity (Wildman–Crippen MR) is 105 cm³/mol. The fraction of sp³-hybridized carbons (Fsp3) is 0.455. The van der Waals surface area contributed by atoms with Gasteiger partial charge >= 0.3 is 5.97 Å². The standard InChI is InChI=1S/C22H26N2O3/c25-22(26)19-8-10-23-14-20(19)24-13-17-9-11-27-21-12-16(6-7-18(17)21)15-4-2-1-3-5-15/h6-8,10,12,14-15,17,24H,1-5,9,11,13H2,(H,25,26)/t17-/m0/s1. The van der Waals surface area contributed by atoms with Gasteiger partial charge < -0.3 is 15.2 Å². The Labute approximate surface area is 159 Å². The van der Waals surface area contributed by atoms with Gasteiger partial charge in [-0.3, -0.25) is 4.98 Å². The molecule has 0 saturated heterocycles. The highest BCUT2D eigenvalue weighted by molar-refractivity contribution is 5.93. The first-order valence-corrected chi connectivity index (χ1v) is 9.90. The number of anilines is 1. The van der Waals surface area contributed by atoms with Crippen LogP contribution in [0.15, 0.2) is 36.7 Å². The number of benzene rings is 1. The number of fused-ring (bicyclic) bond motifs is 1. The Hall–Kier alpha value is -2.56. The third-order valence-corrected chi connectivity index (χ3v) is 5.87. The zero-order valence-corrected chi connectivity index (χ0v) is 15.5. The molecule has 27 heavy (non-hydrogen) atoms. The maximum atomic E-state index is 11.4.